The molecule has 3 rings (SSSR count). The van der Waals surface area contributed by atoms with Crippen LogP contribution in [0.2, 0.25) is 0 Å². The third-order valence-electron chi connectivity index (χ3n) is 5.93. The highest BCUT2D eigenvalue weighted by Crippen LogP contribution is 2.36. The second kappa shape index (κ2) is 9.26. The normalized spacial score (nSPS) is 27.9. The van der Waals surface area contributed by atoms with E-state index in [1.54, 1.807) is 6.07 Å². The number of sulfonamides is 1. The van der Waals surface area contributed by atoms with Crippen molar-refractivity contribution in [2.75, 3.05) is 22.4 Å². The fraction of sp³-hybridized carbons (Fsp3) is 0.750. The Bertz CT molecular complexity index is 866. The number of amides is 1. The topological polar surface area (TPSA) is 104 Å². The Balaban J connectivity index is 1.73. The SMILES string of the molecule is CC(C)CN(c1ccnc(N[C@@H](C)C2CC3CC(Cl)CCC3NC2=O)n1)S(C)(=O)=O. The molecule has 2 fully saturated rings. The quantitative estimate of drug-likeness (QED) is 0.610. The Hall–Kier alpha value is -1.61. The van der Waals surface area contributed by atoms with Gasteiger partial charge in [-0.2, -0.15) is 4.98 Å². The third-order valence-corrected chi connectivity index (χ3v) is 7.46. The molecule has 10 heteroatoms. The third kappa shape index (κ3) is 5.55. The van der Waals surface area contributed by atoms with Crippen LogP contribution in [0.3, 0.4) is 0 Å². The zero-order valence-corrected chi connectivity index (χ0v) is 19.6. The van der Waals surface area contributed by atoms with E-state index < -0.39 is 10.0 Å². The van der Waals surface area contributed by atoms with Crippen LogP contribution >= 0.6 is 11.6 Å². The number of nitrogens with one attached hydrogen (secondary N) is 2. The summed E-state index contributed by atoms with van der Waals surface area (Å²) in [5, 5.41) is 6.55. The second-order valence-electron chi connectivity index (χ2n) is 8.99. The number of piperidine rings is 1. The van der Waals surface area contributed by atoms with Gasteiger partial charge in [0.15, 0.2) is 0 Å². The van der Waals surface area contributed by atoms with E-state index in [0.29, 0.717) is 24.2 Å². The highest BCUT2D eigenvalue weighted by atomic mass is 35.5. The Morgan fingerprint density at radius 2 is 2.03 bits per heavy atom. The van der Waals surface area contributed by atoms with Crippen LogP contribution in [0.15, 0.2) is 12.3 Å². The summed E-state index contributed by atoms with van der Waals surface area (Å²) in [4.78, 5) is 21.3. The number of carbonyl (C=O) groups excluding carboxylic acids is 1. The van der Waals surface area contributed by atoms with Crippen molar-refractivity contribution >= 4 is 39.3 Å². The molecule has 0 bridgehead atoms. The molecule has 2 heterocycles. The van der Waals surface area contributed by atoms with E-state index in [4.69, 9.17) is 11.6 Å². The van der Waals surface area contributed by atoms with Gasteiger partial charge in [0.2, 0.25) is 21.9 Å². The second-order valence-corrected chi connectivity index (χ2v) is 11.5. The van der Waals surface area contributed by atoms with Gasteiger partial charge in [0.1, 0.15) is 5.82 Å². The van der Waals surface area contributed by atoms with Crippen LogP contribution < -0.4 is 14.9 Å². The molecule has 1 amide bonds. The number of halogens is 1. The molecule has 30 heavy (non-hydrogen) atoms. The van der Waals surface area contributed by atoms with Gasteiger partial charge in [0.05, 0.1) is 12.2 Å². The lowest BCUT2D eigenvalue weighted by Gasteiger charge is -2.42. The molecule has 0 radical (unpaired) electrons. The van der Waals surface area contributed by atoms with Gasteiger partial charge in [-0.25, -0.2) is 13.4 Å². The van der Waals surface area contributed by atoms with Crippen LogP contribution in [0.4, 0.5) is 11.8 Å². The number of aromatic nitrogens is 2. The van der Waals surface area contributed by atoms with Crippen LogP contribution in [-0.4, -0.2) is 54.6 Å². The smallest absolute Gasteiger partial charge is 0.233 e. The van der Waals surface area contributed by atoms with Crippen LogP contribution in [0.5, 0.6) is 0 Å². The molecule has 1 aromatic heterocycles. The summed E-state index contributed by atoms with van der Waals surface area (Å²) in [6.07, 6.45) is 6.27. The maximum Gasteiger partial charge on any atom is 0.233 e. The van der Waals surface area contributed by atoms with Crippen LogP contribution in [0.1, 0.15) is 46.5 Å². The number of hydrogen-bond acceptors (Lipinski definition) is 6. The van der Waals surface area contributed by atoms with E-state index in [9.17, 15) is 13.2 Å². The maximum atomic E-state index is 12.7. The number of fused-ring (bicyclic) bond motifs is 1. The van der Waals surface area contributed by atoms with E-state index in [1.165, 1.54) is 16.8 Å². The monoisotopic (exact) mass is 457 g/mol. The van der Waals surface area contributed by atoms with Gasteiger partial charge in [-0.15, -0.1) is 11.6 Å². The van der Waals surface area contributed by atoms with Crippen molar-refractivity contribution < 1.29 is 13.2 Å². The fourth-order valence-corrected chi connectivity index (χ4v) is 5.77. The number of alkyl halides is 1. The summed E-state index contributed by atoms with van der Waals surface area (Å²) < 4.78 is 25.8. The number of nitrogens with zero attached hydrogens (tertiary/aromatic N) is 3. The zero-order chi connectivity index (χ0) is 22.1. The van der Waals surface area contributed by atoms with Crippen molar-refractivity contribution in [2.45, 2.75) is 63.9 Å². The average Bonchev–Trinajstić information content (AvgIpc) is 2.65. The van der Waals surface area contributed by atoms with Gasteiger partial charge >= 0.3 is 0 Å². The first kappa shape index (κ1) is 23.1. The molecule has 1 aromatic rings. The van der Waals surface area contributed by atoms with Crippen molar-refractivity contribution in [2.24, 2.45) is 17.8 Å². The summed E-state index contributed by atoms with van der Waals surface area (Å²) >= 11 is 6.35. The molecule has 8 nitrogen and oxygen atoms in total. The number of hydrogen-bond donors (Lipinski definition) is 2. The lowest BCUT2D eigenvalue weighted by Crippen LogP contribution is -2.55. The first-order valence-corrected chi connectivity index (χ1v) is 12.8. The highest BCUT2D eigenvalue weighted by molar-refractivity contribution is 7.92. The molecule has 0 aromatic carbocycles. The summed E-state index contributed by atoms with van der Waals surface area (Å²) in [6.45, 7) is 6.17. The molecule has 2 aliphatic rings. The van der Waals surface area contributed by atoms with Crippen molar-refractivity contribution in [1.29, 1.82) is 0 Å². The minimum atomic E-state index is -3.47. The zero-order valence-electron chi connectivity index (χ0n) is 18.0. The van der Waals surface area contributed by atoms with Gasteiger partial charge in [-0.1, -0.05) is 13.8 Å². The standard InChI is InChI=1S/C20H32ClN5O3S/c1-12(2)11-26(30(4,28)29)18-7-8-22-20(25-18)23-13(3)16-10-14-9-15(21)5-6-17(14)24-19(16)27/h7-8,12-17H,5-6,9-11H2,1-4H3,(H,24,27)(H,22,23,25)/t13-,14?,15?,16?,17?/m0/s1. The minimum Gasteiger partial charge on any atom is -0.353 e. The number of rotatable bonds is 7. The molecule has 1 aliphatic heterocycles. The number of carbonyl (C=O) groups is 1. The van der Waals surface area contributed by atoms with Gasteiger partial charge in [-0.3, -0.25) is 9.10 Å². The predicted octanol–water partition coefficient (Wildman–Crippen LogP) is 2.61. The van der Waals surface area contributed by atoms with Gasteiger partial charge < -0.3 is 10.6 Å². The molecule has 4 unspecified atom stereocenters. The van der Waals surface area contributed by atoms with Crippen molar-refractivity contribution in [1.82, 2.24) is 15.3 Å². The molecular formula is C20H32ClN5O3S. The predicted molar refractivity (Wildman–Crippen MR) is 119 cm³/mol. The molecule has 0 spiro atoms. The Morgan fingerprint density at radius 1 is 1.30 bits per heavy atom. The summed E-state index contributed by atoms with van der Waals surface area (Å²) in [5.41, 5.74) is 0. The van der Waals surface area contributed by atoms with Crippen LogP contribution in [0, 0.1) is 17.8 Å². The molecular weight excluding hydrogens is 426 g/mol. The van der Waals surface area contributed by atoms with Crippen molar-refractivity contribution in [3.8, 4) is 0 Å². The molecule has 1 saturated carbocycles. The van der Waals surface area contributed by atoms with Gasteiger partial charge in [-0.05, 0) is 44.4 Å². The first-order chi connectivity index (χ1) is 14.0. The lowest BCUT2D eigenvalue weighted by molar-refractivity contribution is -0.130. The Labute approximate surface area is 184 Å². The van der Waals surface area contributed by atoms with E-state index in [0.717, 1.165) is 25.7 Å². The van der Waals surface area contributed by atoms with Gasteiger partial charge in [0.25, 0.3) is 0 Å². The Kier molecular flexibility index (Phi) is 7.12. The Morgan fingerprint density at radius 3 is 2.70 bits per heavy atom. The first-order valence-electron chi connectivity index (χ1n) is 10.6. The van der Waals surface area contributed by atoms with E-state index in [-0.39, 0.29) is 35.2 Å². The van der Waals surface area contributed by atoms with Gasteiger partial charge in [0, 0.05) is 36.3 Å². The van der Waals surface area contributed by atoms with E-state index in [1.807, 2.05) is 20.8 Å². The molecule has 5 atom stereocenters. The fourth-order valence-electron chi connectivity index (χ4n) is 4.40. The lowest BCUT2D eigenvalue weighted by atomic mass is 9.74. The summed E-state index contributed by atoms with van der Waals surface area (Å²) in [5.74, 6) is 0.977. The van der Waals surface area contributed by atoms with Crippen LogP contribution in [-0.2, 0) is 14.8 Å². The van der Waals surface area contributed by atoms with E-state index in [2.05, 4.69) is 20.6 Å². The highest BCUT2D eigenvalue weighted by Gasteiger charge is 2.41. The molecule has 168 valence electrons. The molecule has 1 aliphatic carbocycles. The number of anilines is 2. The molecule has 2 N–H and O–H groups in total. The van der Waals surface area contributed by atoms with Crippen molar-refractivity contribution in [3.63, 3.8) is 0 Å². The van der Waals surface area contributed by atoms with Crippen LogP contribution in [0.25, 0.3) is 0 Å². The summed E-state index contributed by atoms with van der Waals surface area (Å²) in [6, 6.07) is 1.60. The summed E-state index contributed by atoms with van der Waals surface area (Å²) in [7, 11) is -3.47. The van der Waals surface area contributed by atoms with Crippen molar-refractivity contribution in [3.05, 3.63) is 12.3 Å². The molecule has 1 saturated heterocycles. The van der Waals surface area contributed by atoms with E-state index >= 15 is 0 Å². The largest absolute Gasteiger partial charge is 0.353 e. The maximum absolute atomic E-state index is 12.7. The average molecular weight is 458 g/mol. The minimum absolute atomic E-state index is 0.0398.